The Morgan fingerprint density at radius 1 is 1.17 bits per heavy atom. The molecule has 2 aromatic heterocycles. The average molecular weight is 510 g/mol. The van der Waals surface area contributed by atoms with E-state index in [2.05, 4.69) is 9.97 Å². The Kier molecular flexibility index (Phi) is 5.96. The summed E-state index contributed by atoms with van der Waals surface area (Å²) in [5.74, 6) is -3.82. The fraction of sp³-hybridized carbons (Fsp3) is 0.231. The number of nitrogens with zero attached hydrogens (tertiary/aromatic N) is 4. The van der Waals surface area contributed by atoms with E-state index in [-0.39, 0.29) is 29.4 Å². The molecule has 0 spiro atoms. The third-order valence-corrected chi connectivity index (χ3v) is 6.61. The summed E-state index contributed by atoms with van der Waals surface area (Å²) in [5, 5.41) is 1.44. The van der Waals surface area contributed by atoms with Crippen molar-refractivity contribution in [2.45, 2.75) is 25.2 Å². The van der Waals surface area contributed by atoms with Gasteiger partial charge >= 0.3 is 0 Å². The van der Waals surface area contributed by atoms with E-state index in [4.69, 9.17) is 17.3 Å². The van der Waals surface area contributed by atoms with Gasteiger partial charge in [-0.25, -0.2) is 18.7 Å². The number of benzene rings is 2. The lowest BCUT2D eigenvalue weighted by Gasteiger charge is -2.38. The van der Waals surface area contributed by atoms with Crippen LogP contribution in [0.15, 0.2) is 65.6 Å². The minimum Gasteiger partial charge on any atom is -0.368 e. The molecular weight excluding hydrogens is 488 g/mol. The highest BCUT2D eigenvalue weighted by atomic mass is 35.5. The Balaban J connectivity index is 1.59. The lowest BCUT2D eigenvalue weighted by atomic mass is 9.95. The lowest BCUT2D eigenvalue weighted by Crippen LogP contribution is -2.58. The molecule has 10 heteroatoms. The van der Waals surface area contributed by atoms with E-state index in [1.165, 1.54) is 6.20 Å². The molecule has 2 aromatic carbocycles. The Morgan fingerprint density at radius 3 is 2.58 bits per heavy atom. The second kappa shape index (κ2) is 8.98. The molecule has 2 N–H and O–H groups in total. The Labute approximate surface area is 210 Å². The maximum absolute atomic E-state index is 13.7. The molecule has 0 saturated carbocycles. The topological polar surface area (TPSA) is 94.1 Å². The van der Waals surface area contributed by atoms with Crippen LogP contribution in [0, 0.1) is 0 Å². The largest absolute Gasteiger partial charge is 0.368 e. The number of nitrogens with two attached hydrogens (primary N) is 1. The van der Waals surface area contributed by atoms with Gasteiger partial charge in [0.05, 0.1) is 34.8 Å². The Bertz CT molecular complexity index is 1530. The number of aromatic nitrogens is 3. The van der Waals surface area contributed by atoms with E-state index in [1.807, 2.05) is 49.4 Å². The minimum absolute atomic E-state index is 0.0339. The van der Waals surface area contributed by atoms with Gasteiger partial charge in [0.15, 0.2) is 0 Å². The third-order valence-electron chi connectivity index (χ3n) is 6.29. The third kappa shape index (κ3) is 4.30. The van der Waals surface area contributed by atoms with Crippen LogP contribution >= 0.6 is 11.6 Å². The second-order valence-electron chi connectivity index (χ2n) is 8.96. The molecule has 0 bridgehead atoms. The fourth-order valence-corrected chi connectivity index (χ4v) is 4.80. The van der Waals surface area contributed by atoms with Gasteiger partial charge in [-0.1, -0.05) is 48.9 Å². The smallest absolute Gasteiger partial charge is 0.282 e. The van der Waals surface area contributed by atoms with E-state index >= 15 is 0 Å². The summed E-state index contributed by atoms with van der Waals surface area (Å²) in [7, 11) is 0. The molecule has 1 saturated heterocycles. The van der Waals surface area contributed by atoms with Crippen molar-refractivity contribution in [3.8, 4) is 5.69 Å². The van der Waals surface area contributed by atoms with Gasteiger partial charge in [0.2, 0.25) is 5.95 Å². The molecule has 184 valence electrons. The highest BCUT2D eigenvalue weighted by Gasteiger charge is 2.46. The molecule has 0 aliphatic carbocycles. The van der Waals surface area contributed by atoms with Crippen molar-refractivity contribution in [2.75, 3.05) is 18.8 Å². The molecule has 3 heterocycles. The summed E-state index contributed by atoms with van der Waals surface area (Å²) in [4.78, 5) is 35.8. The van der Waals surface area contributed by atoms with Crippen molar-refractivity contribution < 1.29 is 13.6 Å². The minimum atomic E-state index is -2.89. The number of fused-ring (bicyclic) bond motifs is 1. The van der Waals surface area contributed by atoms with Crippen molar-refractivity contribution in [2.24, 2.45) is 0 Å². The molecule has 1 aliphatic heterocycles. The van der Waals surface area contributed by atoms with Gasteiger partial charge in [0.1, 0.15) is 0 Å². The number of rotatable bonds is 5. The van der Waals surface area contributed by atoms with Crippen LogP contribution in [-0.4, -0.2) is 44.4 Å². The van der Waals surface area contributed by atoms with Crippen LogP contribution in [0.5, 0.6) is 0 Å². The van der Waals surface area contributed by atoms with Crippen LogP contribution in [-0.2, 0) is 6.42 Å². The first-order valence-corrected chi connectivity index (χ1v) is 11.7. The number of para-hydroxylation sites is 1. The van der Waals surface area contributed by atoms with Crippen LogP contribution in [0.25, 0.3) is 16.5 Å². The molecule has 4 aromatic rings. The highest BCUT2D eigenvalue weighted by molar-refractivity contribution is 6.35. The fourth-order valence-electron chi connectivity index (χ4n) is 4.53. The van der Waals surface area contributed by atoms with E-state index in [1.54, 1.807) is 16.7 Å². The normalized spacial score (nSPS) is 15.5. The molecule has 1 atom stereocenters. The van der Waals surface area contributed by atoms with Gasteiger partial charge in [-0.3, -0.25) is 14.2 Å². The Morgan fingerprint density at radius 2 is 1.89 bits per heavy atom. The maximum atomic E-state index is 13.7. The first-order valence-electron chi connectivity index (χ1n) is 11.3. The predicted molar refractivity (Wildman–Crippen MR) is 134 cm³/mol. The number of alkyl halides is 2. The second-order valence-corrected chi connectivity index (χ2v) is 9.37. The molecule has 1 fully saturated rings. The SMILES string of the molecule is C[C@H](Cc1nc(N)ncc1C(=O)N1CC(F)(F)C1)c1cc2cccc(Cl)c2c(=O)n1-c1ccccc1. The number of hydrogen-bond acceptors (Lipinski definition) is 5. The summed E-state index contributed by atoms with van der Waals surface area (Å²) in [6.07, 6.45) is 1.49. The number of halogens is 3. The van der Waals surface area contributed by atoms with Crippen LogP contribution in [0.4, 0.5) is 14.7 Å². The molecule has 7 nitrogen and oxygen atoms in total. The van der Waals surface area contributed by atoms with E-state index in [9.17, 15) is 18.4 Å². The first kappa shape index (κ1) is 23.9. The summed E-state index contributed by atoms with van der Waals surface area (Å²) >= 11 is 6.39. The maximum Gasteiger partial charge on any atom is 0.282 e. The van der Waals surface area contributed by atoms with Crippen LogP contribution in [0.2, 0.25) is 5.02 Å². The van der Waals surface area contributed by atoms with Crippen molar-refractivity contribution in [3.05, 3.63) is 93.1 Å². The molecule has 5 rings (SSSR count). The number of nitrogen functional groups attached to an aromatic ring is 1. The van der Waals surface area contributed by atoms with Crippen molar-refractivity contribution >= 4 is 34.2 Å². The van der Waals surface area contributed by atoms with Crippen LogP contribution in [0.1, 0.15) is 34.6 Å². The number of carbonyl (C=O) groups excluding carboxylic acids is 1. The summed E-state index contributed by atoms with van der Waals surface area (Å²) in [6.45, 7) is 0.601. The van der Waals surface area contributed by atoms with Gasteiger partial charge < -0.3 is 10.6 Å². The predicted octanol–water partition coefficient (Wildman–Crippen LogP) is 4.45. The molecule has 36 heavy (non-hydrogen) atoms. The van der Waals surface area contributed by atoms with E-state index in [0.29, 0.717) is 32.9 Å². The highest BCUT2D eigenvalue weighted by Crippen LogP contribution is 2.31. The van der Waals surface area contributed by atoms with Crippen LogP contribution < -0.4 is 11.3 Å². The monoisotopic (exact) mass is 509 g/mol. The summed E-state index contributed by atoms with van der Waals surface area (Å²) in [6, 6.07) is 16.3. The molecular formula is C26H22ClF2N5O2. The quantitative estimate of drug-likeness (QED) is 0.429. The van der Waals surface area contributed by atoms with Crippen molar-refractivity contribution in [1.82, 2.24) is 19.4 Å². The van der Waals surface area contributed by atoms with Gasteiger partial charge in [-0.15, -0.1) is 0 Å². The van der Waals surface area contributed by atoms with Crippen molar-refractivity contribution in [3.63, 3.8) is 0 Å². The molecule has 1 aliphatic rings. The Hall–Kier alpha value is -3.85. The first-order chi connectivity index (χ1) is 17.1. The molecule has 1 amide bonds. The van der Waals surface area contributed by atoms with E-state index in [0.717, 1.165) is 4.90 Å². The standard InChI is InChI=1S/C26H22ClF2N5O2/c1-15(10-20-18(12-31-25(30)32-20)23(35)33-13-26(28,29)14-33)21-11-16-6-5-9-19(27)22(16)24(36)34(21)17-7-3-2-4-8-17/h2-9,11-12,15H,10,13-14H2,1H3,(H2,30,31,32)/t15-/m1/s1. The number of amides is 1. The average Bonchev–Trinajstić information content (AvgIpc) is 2.82. The van der Waals surface area contributed by atoms with Gasteiger partial charge in [-0.2, -0.15) is 0 Å². The van der Waals surface area contributed by atoms with Gasteiger partial charge in [0.25, 0.3) is 17.4 Å². The van der Waals surface area contributed by atoms with Crippen molar-refractivity contribution in [1.29, 1.82) is 0 Å². The lowest BCUT2D eigenvalue weighted by molar-refractivity contribution is -0.113. The summed E-state index contributed by atoms with van der Waals surface area (Å²) in [5.41, 5.74) is 7.31. The zero-order valence-corrected chi connectivity index (χ0v) is 20.0. The molecule has 0 radical (unpaired) electrons. The number of likely N-dealkylation sites (tertiary alicyclic amines) is 1. The number of hydrogen-bond donors (Lipinski definition) is 1. The number of pyridine rings is 1. The van der Waals surface area contributed by atoms with E-state index < -0.39 is 24.9 Å². The zero-order chi connectivity index (χ0) is 25.6. The van der Waals surface area contributed by atoms with Gasteiger partial charge in [-0.05, 0) is 36.1 Å². The van der Waals surface area contributed by atoms with Crippen LogP contribution in [0.3, 0.4) is 0 Å². The zero-order valence-electron chi connectivity index (χ0n) is 19.3. The van der Waals surface area contributed by atoms with Gasteiger partial charge in [0, 0.05) is 23.5 Å². The number of anilines is 1. The molecule has 0 unspecified atom stereocenters. The summed E-state index contributed by atoms with van der Waals surface area (Å²) < 4.78 is 28.3. The number of carbonyl (C=O) groups is 1.